The molecule has 1 aromatic heterocycles. The van der Waals surface area contributed by atoms with E-state index in [2.05, 4.69) is 10.3 Å². The second-order valence-corrected chi connectivity index (χ2v) is 4.78. The Morgan fingerprint density at radius 2 is 2.44 bits per heavy atom. The summed E-state index contributed by atoms with van der Waals surface area (Å²) in [5.74, 6) is 0.743. The highest BCUT2D eigenvalue weighted by Crippen LogP contribution is 2.28. The van der Waals surface area contributed by atoms with Gasteiger partial charge in [-0.05, 0) is 24.8 Å². The topological polar surface area (TPSA) is 69.0 Å². The van der Waals surface area contributed by atoms with E-state index in [0.717, 1.165) is 18.7 Å². The molecule has 2 rings (SSSR count). The predicted molar refractivity (Wildman–Crippen MR) is 71.8 cm³/mol. The van der Waals surface area contributed by atoms with Crippen molar-refractivity contribution >= 4 is 17.8 Å². The van der Waals surface area contributed by atoms with Crippen molar-refractivity contribution in [2.75, 3.05) is 6.54 Å². The number of hydrogen-bond donors (Lipinski definition) is 3. The van der Waals surface area contributed by atoms with E-state index in [-0.39, 0.29) is 5.15 Å². The second-order valence-electron chi connectivity index (χ2n) is 4.43. The van der Waals surface area contributed by atoms with E-state index >= 15 is 0 Å². The highest BCUT2D eigenvalue weighted by molar-refractivity contribution is 6.30. The lowest BCUT2D eigenvalue weighted by molar-refractivity contribution is 0.221. The zero-order valence-corrected chi connectivity index (χ0v) is 10.7. The molecule has 0 radical (unpaired) electrons. The molecular formula is C13H16ClN3O. The third kappa shape index (κ3) is 3.31. The van der Waals surface area contributed by atoms with Crippen LogP contribution in [0.15, 0.2) is 30.1 Å². The van der Waals surface area contributed by atoms with Gasteiger partial charge < -0.3 is 15.8 Å². The molecule has 1 aliphatic carbocycles. The number of halogens is 1. The van der Waals surface area contributed by atoms with Crippen molar-refractivity contribution in [2.45, 2.75) is 18.9 Å². The summed E-state index contributed by atoms with van der Waals surface area (Å²) in [6.07, 6.45) is 5.98. The molecule has 0 amide bonds. The molecule has 1 heterocycles. The Labute approximate surface area is 111 Å². The summed E-state index contributed by atoms with van der Waals surface area (Å²) in [5, 5.41) is 20.9. The molecule has 0 spiro atoms. The van der Waals surface area contributed by atoms with Crippen LogP contribution >= 0.6 is 11.6 Å². The minimum atomic E-state index is -0.921. The number of nitrogens with zero attached hydrogens (tertiary/aromatic N) is 1. The van der Waals surface area contributed by atoms with Crippen LogP contribution in [-0.2, 0) is 0 Å². The molecule has 1 unspecified atom stereocenters. The average Bonchev–Trinajstić information content (AvgIpc) is 3.18. The molecule has 0 aromatic carbocycles. The van der Waals surface area contributed by atoms with Gasteiger partial charge in [0.15, 0.2) is 0 Å². The first-order valence-electron chi connectivity index (χ1n) is 5.94. The minimum Gasteiger partial charge on any atom is -0.390 e. The Balaban J connectivity index is 2.06. The number of rotatable bonds is 6. The maximum atomic E-state index is 10.2. The quantitative estimate of drug-likeness (QED) is 0.546. The Morgan fingerprint density at radius 3 is 3.06 bits per heavy atom. The molecule has 0 aliphatic heterocycles. The molecule has 96 valence electrons. The standard InChI is InChI=1S/C13H16ClN3O/c14-13-11(2-1-5-17-13)12(18)10(6-15)8-16-7-9-3-4-9/h1-2,5-6,8-9,12,15-16,18H,3-4,7H2/b10-8+,15-6?. The molecule has 3 N–H and O–H groups in total. The van der Waals surface area contributed by atoms with Gasteiger partial charge in [-0.15, -0.1) is 0 Å². The van der Waals surface area contributed by atoms with Crippen LogP contribution in [0.2, 0.25) is 5.15 Å². The summed E-state index contributed by atoms with van der Waals surface area (Å²) in [4.78, 5) is 3.92. The van der Waals surface area contributed by atoms with Crippen LogP contribution in [0.3, 0.4) is 0 Å². The van der Waals surface area contributed by atoms with Crippen LogP contribution in [0.1, 0.15) is 24.5 Å². The van der Waals surface area contributed by atoms with Crippen molar-refractivity contribution in [2.24, 2.45) is 5.92 Å². The molecule has 5 heteroatoms. The van der Waals surface area contributed by atoms with Gasteiger partial charge in [0.25, 0.3) is 0 Å². The van der Waals surface area contributed by atoms with E-state index in [4.69, 9.17) is 17.0 Å². The zero-order chi connectivity index (χ0) is 13.0. The number of pyridine rings is 1. The van der Waals surface area contributed by atoms with Crippen molar-refractivity contribution in [1.29, 1.82) is 5.41 Å². The Bertz CT molecular complexity index is 457. The smallest absolute Gasteiger partial charge is 0.135 e. The van der Waals surface area contributed by atoms with Gasteiger partial charge >= 0.3 is 0 Å². The van der Waals surface area contributed by atoms with Crippen molar-refractivity contribution in [3.8, 4) is 0 Å². The van der Waals surface area contributed by atoms with Crippen LogP contribution in [0, 0.1) is 11.3 Å². The summed E-state index contributed by atoms with van der Waals surface area (Å²) < 4.78 is 0. The van der Waals surface area contributed by atoms with E-state index in [1.165, 1.54) is 12.8 Å². The van der Waals surface area contributed by atoms with Crippen LogP contribution in [-0.4, -0.2) is 22.8 Å². The van der Waals surface area contributed by atoms with Gasteiger partial charge in [0.2, 0.25) is 0 Å². The molecule has 1 saturated carbocycles. The number of aliphatic hydroxyl groups excluding tert-OH is 1. The normalized spacial score (nSPS) is 17.3. The fourth-order valence-electron chi connectivity index (χ4n) is 1.65. The third-order valence-corrected chi connectivity index (χ3v) is 3.25. The van der Waals surface area contributed by atoms with E-state index < -0.39 is 6.10 Å². The summed E-state index contributed by atoms with van der Waals surface area (Å²) in [6.45, 7) is 0.894. The van der Waals surface area contributed by atoms with Gasteiger partial charge in [-0.1, -0.05) is 17.7 Å². The van der Waals surface area contributed by atoms with Gasteiger partial charge in [0.1, 0.15) is 11.3 Å². The Kier molecular flexibility index (Phi) is 4.33. The number of aromatic nitrogens is 1. The van der Waals surface area contributed by atoms with Crippen LogP contribution < -0.4 is 5.32 Å². The SMILES string of the molecule is N=C/C(=C\NCC1CC1)C(O)c1cccnc1Cl. The first kappa shape index (κ1) is 13.1. The lowest BCUT2D eigenvalue weighted by Crippen LogP contribution is -2.13. The van der Waals surface area contributed by atoms with Crippen molar-refractivity contribution < 1.29 is 5.11 Å². The molecule has 1 fully saturated rings. The van der Waals surface area contributed by atoms with Gasteiger partial charge in [-0.25, -0.2) is 4.98 Å². The lowest BCUT2D eigenvalue weighted by atomic mass is 10.1. The van der Waals surface area contributed by atoms with Crippen LogP contribution in [0.25, 0.3) is 0 Å². The molecule has 18 heavy (non-hydrogen) atoms. The largest absolute Gasteiger partial charge is 0.390 e. The Morgan fingerprint density at radius 1 is 1.67 bits per heavy atom. The minimum absolute atomic E-state index is 0.264. The number of nitrogens with one attached hydrogen (secondary N) is 2. The molecule has 0 bridgehead atoms. The zero-order valence-electron chi connectivity index (χ0n) is 9.94. The maximum absolute atomic E-state index is 10.2. The molecule has 1 atom stereocenters. The van der Waals surface area contributed by atoms with Gasteiger partial charge in [-0.3, -0.25) is 0 Å². The summed E-state index contributed by atoms with van der Waals surface area (Å²) >= 11 is 5.92. The monoisotopic (exact) mass is 265 g/mol. The van der Waals surface area contributed by atoms with Gasteiger partial charge in [0.05, 0.1) is 0 Å². The molecular weight excluding hydrogens is 250 g/mol. The molecule has 0 saturated heterocycles. The third-order valence-electron chi connectivity index (χ3n) is 2.94. The fraction of sp³-hybridized carbons (Fsp3) is 0.385. The second kappa shape index (κ2) is 5.98. The molecule has 1 aromatic rings. The number of hydrogen-bond acceptors (Lipinski definition) is 4. The highest BCUT2D eigenvalue weighted by Gasteiger charge is 2.20. The van der Waals surface area contributed by atoms with Crippen molar-refractivity contribution in [1.82, 2.24) is 10.3 Å². The van der Waals surface area contributed by atoms with Crippen LogP contribution in [0.4, 0.5) is 0 Å². The van der Waals surface area contributed by atoms with Gasteiger partial charge in [0, 0.05) is 36.3 Å². The van der Waals surface area contributed by atoms with Gasteiger partial charge in [-0.2, -0.15) is 0 Å². The van der Waals surface area contributed by atoms with Crippen LogP contribution in [0.5, 0.6) is 0 Å². The first-order chi connectivity index (χ1) is 8.72. The van der Waals surface area contributed by atoms with E-state index in [1.54, 1.807) is 24.5 Å². The molecule has 1 aliphatic rings. The number of aliphatic hydroxyl groups is 1. The first-order valence-corrected chi connectivity index (χ1v) is 6.32. The highest BCUT2D eigenvalue weighted by atomic mass is 35.5. The fourth-order valence-corrected chi connectivity index (χ4v) is 1.87. The van der Waals surface area contributed by atoms with Crippen molar-refractivity contribution in [3.63, 3.8) is 0 Å². The maximum Gasteiger partial charge on any atom is 0.135 e. The van der Waals surface area contributed by atoms with E-state index in [0.29, 0.717) is 11.1 Å². The average molecular weight is 266 g/mol. The summed E-state index contributed by atoms with van der Waals surface area (Å²) in [7, 11) is 0. The van der Waals surface area contributed by atoms with E-state index in [1.807, 2.05) is 0 Å². The summed E-state index contributed by atoms with van der Waals surface area (Å²) in [5.41, 5.74) is 0.993. The van der Waals surface area contributed by atoms with Crippen molar-refractivity contribution in [3.05, 3.63) is 40.8 Å². The van der Waals surface area contributed by atoms with E-state index in [9.17, 15) is 5.11 Å². The summed E-state index contributed by atoms with van der Waals surface area (Å²) in [6, 6.07) is 3.42. The lowest BCUT2D eigenvalue weighted by Gasteiger charge is -2.13. The predicted octanol–water partition coefficient (Wildman–Crippen LogP) is 2.30. The molecule has 4 nitrogen and oxygen atoms in total. The Hall–Kier alpha value is -1.39.